The minimum absolute atomic E-state index is 0.0157. The molecule has 0 spiro atoms. The maximum absolute atomic E-state index is 5.84. The number of rotatable bonds is 7. The predicted octanol–water partition coefficient (Wildman–Crippen LogP) is 3.06. The van der Waals surface area contributed by atoms with E-state index in [1.165, 1.54) is 0 Å². The lowest BCUT2D eigenvalue weighted by molar-refractivity contribution is 0.235. The van der Waals surface area contributed by atoms with E-state index in [1.54, 1.807) is 12.4 Å². The molecule has 0 saturated carbocycles. The summed E-state index contributed by atoms with van der Waals surface area (Å²) in [6.07, 6.45) is 7.25. The summed E-state index contributed by atoms with van der Waals surface area (Å²) in [4.78, 5) is 23.2. The molecule has 4 rings (SSSR count). The normalized spacial score (nSPS) is 14.8. The van der Waals surface area contributed by atoms with Gasteiger partial charge >= 0.3 is 0 Å². The lowest BCUT2D eigenvalue weighted by atomic mass is 10.1. The standard InChI is InChI=1S/C22H28N8O/c1-5-17-16(18(6-7-24-17)30-10-8-23-9-11-30)12-15(4)27-22-28-20-19(25-13-26-20)21(29-22)31-14(2)3/h5-7,12-14,23H,1,8-11H2,2-4H3,(H2,25,26,27,28,29)/b15-12+. The van der Waals surface area contributed by atoms with Gasteiger partial charge in [0.25, 0.3) is 0 Å². The van der Waals surface area contributed by atoms with E-state index in [-0.39, 0.29) is 6.10 Å². The van der Waals surface area contributed by atoms with Crippen LogP contribution < -0.4 is 20.3 Å². The average Bonchev–Trinajstić information content (AvgIpc) is 3.23. The molecule has 0 radical (unpaired) electrons. The number of ether oxygens (including phenoxy) is 1. The number of hydrogen-bond donors (Lipinski definition) is 3. The second kappa shape index (κ2) is 9.13. The quantitative estimate of drug-likeness (QED) is 0.536. The van der Waals surface area contributed by atoms with Crippen molar-refractivity contribution in [2.45, 2.75) is 26.9 Å². The molecular formula is C22H28N8O. The summed E-state index contributed by atoms with van der Waals surface area (Å²) in [6.45, 7) is 13.6. The van der Waals surface area contributed by atoms with Crippen molar-refractivity contribution in [3.05, 3.63) is 42.1 Å². The highest BCUT2D eigenvalue weighted by Gasteiger charge is 2.17. The molecule has 1 fully saturated rings. The first-order valence-corrected chi connectivity index (χ1v) is 10.5. The average molecular weight is 421 g/mol. The van der Waals surface area contributed by atoms with Crippen molar-refractivity contribution >= 4 is 35.0 Å². The maximum Gasteiger partial charge on any atom is 0.245 e. The zero-order chi connectivity index (χ0) is 21.8. The molecule has 162 valence electrons. The Morgan fingerprint density at radius 1 is 1.26 bits per heavy atom. The van der Waals surface area contributed by atoms with E-state index in [0.717, 1.165) is 48.8 Å². The number of fused-ring (bicyclic) bond motifs is 1. The molecule has 9 heteroatoms. The maximum atomic E-state index is 5.84. The second-order valence-electron chi connectivity index (χ2n) is 7.64. The Labute approximate surface area is 181 Å². The molecule has 0 amide bonds. The van der Waals surface area contributed by atoms with Crippen LogP contribution in [0.15, 0.2) is 30.9 Å². The molecule has 0 aliphatic carbocycles. The summed E-state index contributed by atoms with van der Waals surface area (Å²) in [5.41, 5.74) is 5.10. The lowest BCUT2D eigenvalue weighted by Gasteiger charge is -2.31. The van der Waals surface area contributed by atoms with Gasteiger partial charge in [0, 0.05) is 49.3 Å². The van der Waals surface area contributed by atoms with Crippen molar-refractivity contribution in [2.75, 3.05) is 36.4 Å². The summed E-state index contributed by atoms with van der Waals surface area (Å²) >= 11 is 0. The summed E-state index contributed by atoms with van der Waals surface area (Å²) in [5, 5.41) is 6.67. The van der Waals surface area contributed by atoms with E-state index < -0.39 is 0 Å². The third-order valence-corrected chi connectivity index (χ3v) is 4.92. The van der Waals surface area contributed by atoms with Crippen molar-refractivity contribution in [1.82, 2.24) is 30.2 Å². The molecule has 9 nitrogen and oxygen atoms in total. The fourth-order valence-electron chi connectivity index (χ4n) is 3.57. The van der Waals surface area contributed by atoms with Crippen LogP contribution in [0.3, 0.4) is 0 Å². The van der Waals surface area contributed by atoms with Crippen molar-refractivity contribution in [3.63, 3.8) is 0 Å². The number of aromatic amines is 1. The second-order valence-corrected chi connectivity index (χ2v) is 7.64. The lowest BCUT2D eigenvalue weighted by Crippen LogP contribution is -2.43. The van der Waals surface area contributed by atoms with Crippen molar-refractivity contribution in [2.24, 2.45) is 0 Å². The van der Waals surface area contributed by atoms with Gasteiger partial charge in [0.15, 0.2) is 5.65 Å². The summed E-state index contributed by atoms with van der Waals surface area (Å²) in [5.74, 6) is 0.902. The van der Waals surface area contributed by atoms with Gasteiger partial charge in [0.2, 0.25) is 11.8 Å². The Hall–Kier alpha value is -3.46. The number of imidazole rings is 1. The van der Waals surface area contributed by atoms with E-state index in [0.29, 0.717) is 23.0 Å². The van der Waals surface area contributed by atoms with Gasteiger partial charge in [0.05, 0.1) is 18.1 Å². The van der Waals surface area contributed by atoms with Crippen LogP contribution in [0.5, 0.6) is 5.88 Å². The van der Waals surface area contributed by atoms with Gasteiger partial charge in [-0.25, -0.2) is 4.98 Å². The molecule has 0 aromatic carbocycles. The van der Waals surface area contributed by atoms with Crippen LogP contribution in [-0.4, -0.2) is 57.2 Å². The highest BCUT2D eigenvalue weighted by Crippen LogP contribution is 2.27. The first kappa shape index (κ1) is 20.8. The van der Waals surface area contributed by atoms with Crippen LogP contribution in [0, 0.1) is 0 Å². The molecule has 0 unspecified atom stereocenters. The number of pyridine rings is 1. The number of aromatic nitrogens is 5. The monoisotopic (exact) mass is 420 g/mol. The molecule has 1 aliphatic heterocycles. The Morgan fingerprint density at radius 2 is 2.06 bits per heavy atom. The van der Waals surface area contributed by atoms with E-state index in [2.05, 4.69) is 59.2 Å². The van der Waals surface area contributed by atoms with Crippen LogP contribution in [0.2, 0.25) is 0 Å². The SMILES string of the molecule is C=Cc1nccc(N2CCNCC2)c1/C=C(\C)Nc1nc(OC(C)C)c2[nH]cnc2n1. The first-order valence-electron chi connectivity index (χ1n) is 10.5. The topological polar surface area (TPSA) is 104 Å². The molecule has 3 aromatic rings. The minimum Gasteiger partial charge on any atom is -0.473 e. The van der Waals surface area contributed by atoms with Crippen LogP contribution >= 0.6 is 0 Å². The third kappa shape index (κ3) is 4.66. The number of hydrogen-bond acceptors (Lipinski definition) is 8. The number of nitrogens with one attached hydrogen (secondary N) is 3. The van der Waals surface area contributed by atoms with Gasteiger partial charge < -0.3 is 25.3 Å². The molecule has 0 atom stereocenters. The summed E-state index contributed by atoms with van der Waals surface area (Å²) in [6, 6.07) is 2.05. The van der Waals surface area contributed by atoms with Crippen LogP contribution in [0.4, 0.5) is 11.6 Å². The van der Waals surface area contributed by atoms with Crippen molar-refractivity contribution in [3.8, 4) is 5.88 Å². The van der Waals surface area contributed by atoms with Gasteiger partial charge in [-0.3, -0.25) is 4.98 Å². The molecular weight excluding hydrogens is 392 g/mol. The Balaban J connectivity index is 1.67. The van der Waals surface area contributed by atoms with Crippen LogP contribution in [0.25, 0.3) is 23.3 Å². The zero-order valence-corrected chi connectivity index (χ0v) is 18.1. The van der Waals surface area contributed by atoms with E-state index >= 15 is 0 Å². The Bertz CT molecular complexity index is 1100. The summed E-state index contributed by atoms with van der Waals surface area (Å²) < 4.78 is 5.84. The number of piperazine rings is 1. The molecule has 4 heterocycles. The van der Waals surface area contributed by atoms with Gasteiger partial charge in [-0.05, 0) is 39.0 Å². The minimum atomic E-state index is -0.0157. The Morgan fingerprint density at radius 3 is 2.81 bits per heavy atom. The predicted molar refractivity (Wildman–Crippen MR) is 124 cm³/mol. The highest BCUT2D eigenvalue weighted by molar-refractivity contribution is 5.78. The highest BCUT2D eigenvalue weighted by atomic mass is 16.5. The smallest absolute Gasteiger partial charge is 0.245 e. The van der Waals surface area contributed by atoms with Crippen molar-refractivity contribution in [1.29, 1.82) is 0 Å². The van der Waals surface area contributed by atoms with E-state index in [4.69, 9.17) is 4.74 Å². The number of allylic oxidation sites excluding steroid dienone is 1. The summed E-state index contributed by atoms with van der Waals surface area (Å²) in [7, 11) is 0. The molecule has 1 saturated heterocycles. The van der Waals surface area contributed by atoms with Crippen LogP contribution in [-0.2, 0) is 0 Å². The van der Waals surface area contributed by atoms with Gasteiger partial charge in [-0.1, -0.05) is 6.58 Å². The molecule has 31 heavy (non-hydrogen) atoms. The fourth-order valence-corrected chi connectivity index (χ4v) is 3.57. The first-order chi connectivity index (χ1) is 15.0. The van der Waals surface area contributed by atoms with Crippen molar-refractivity contribution < 1.29 is 4.74 Å². The van der Waals surface area contributed by atoms with E-state index in [9.17, 15) is 0 Å². The third-order valence-electron chi connectivity index (χ3n) is 4.92. The fraction of sp³-hybridized carbons (Fsp3) is 0.364. The molecule has 0 bridgehead atoms. The van der Waals surface area contributed by atoms with Gasteiger partial charge in [-0.15, -0.1) is 0 Å². The number of anilines is 2. The molecule has 3 N–H and O–H groups in total. The Kier molecular flexibility index (Phi) is 6.13. The number of nitrogens with zero attached hydrogens (tertiary/aromatic N) is 5. The zero-order valence-electron chi connectivity index (χ0n) is 18.1. The van der Waals surface area contributed by atoms with Gasteiger partial charge in [-0.2, -0.15) is 9.97 Å². The largest absolute Gasteiger partial charge is 0.473 e. The van der Waals surface area contributed by atoms with Crippen LogP contribution in [0.1, 0.15) is 32.0 Å². The van der Waals surface area contributed by atoms with E-state index in [1.807, 2.05) is 27.0 Å². The van der Waals surface area contributed by atoms with Gasteiger partial charge in [0.1, 0.15) is 5.52 Å². The molecule has 3 aromatic heterocycles. The number of H-pyrrole nitrogens is 1. The molecule has 1 aliphatic rings.